The molecule has 0 bridgehead atoms. The van der Waals surface area contributed by atoms with Gasteiger partial charge in [-0.2, -0.15) is 0 Å². The van der Waals surface area contributed by atoms with E-state index in [1.165, 1.54) is 0 Å². The fourth-order valence-electron chi connectivity index (χ4n) is 1.55. The minimum atomic E-state index is -0.738. The van der Waals surface area contributed by atoms with E-state index >= 15 is 0 Å². The molecule has 3 nitrogen and oxygen atoms in total. The van der Waals surface area contributed by atoms with Crippen molar-refractivity contribution in [2.24, 2.45) is 5.41 Å². The van der Waals surface area contributed by atoms with Crippen LogP contribution in [0.5, 0.6) is 0 Å². The van der Waals surface area contributed by atoms with Gasteiger partial charge in [-0.3, -0.25) is 4.79 Å². The number of carbonyl (C=O) groups is 1. The van der Waals surface area contributed by atoms with Crippen molar-refractivity contribution in [2.75, 3.05) is 0 Å². The van der Waals surface area contributed by atoms with Gasteiger partial charge in [0.2, 0.25) is 0 Å². The lowest BCUT2D eigenvalue weighted by Gasteiger charge is -2.37. The molecule has 0 atom stereocenters. The van der Waals surface area contributed by atoms with Gasteiger partial charge < -0.3 is 10.2 Å². The molecule has 0 spiro atoms. The predicted molar refractivity (Wildman–Crippen MR) is 44.8 cm³/mol. The van der Waals surface area contributed by atoms with Crippen molar-refractivity contribution < 1.29 is 15.0 Å². The molecule has 0 amide bonds. The van der Waals surface area contributed by atoms with Crippen molar-refractivity contribution in [2.45, 2.75) is 45.1 Å². The average Bonchev–Trinajstić information content (AvgIpc) is 1.96. The van der Waals surface area contributed by atoms with Gasteiger partial charge in [-0.25, -0.2) is 0 Å². The molecule has 70 valence electrons. The Morgan fingerprint density at radius 1 is 1.17 bits per heavy atom. The third kappa shape index (κ3) is 1.78. The third-order valence-electron chi connectivity index (χ3n) is 2.95. The highest BCUT2D eigenvalue weighted by molar-refractivity contribution is 5.74. The molecule has 3 heteroatoms. The number of rotatable bonds is 1. The molecule has 0 aromatic rings. The van der Waals surface area contributed by atoms with Gasteiger partial charge in [-0.05, 0) is 39.5 Å². The fraction of sp³-hybridized carbons (Fsp3) is 0.889. The van der Waals surface area contributed by atoms with Crippen LogP contribution in [0.15, 0.2) is 0 Å². The second-order valence-corrected chi connectivity index (χ2v) is 4.36. The molecule has 1 fully saturated rings. The average molecular weight is 172 g/mol. The summed E-state index contributed by atoms with van der Waals surface area (Å²) in [7, 11) is 0. The molecule has 0 aromatic carbocycles. The first kappa shape index (κ1) is 9.52. The Kier molecular flexibility index (Phi) is 2.17. The van der Waals surface area contributed by atoms with Crippen LogP contribution in [-0.2, 0) is 4.79 Å². The fourth-order valence-corrected chi connectivity index (χ4v) is 1.55. The van der Waals surface area contributed by atoms with E-state index in [1.807, 2.05) is 0 Å². The molecule has 0 heterocycles. The first-order chi connectivity index (χ1) is 5.36. The summed E-state index contributed by atoms with van der Waals surface area (Å²) in [6.07, 6.45) is 2.34. The zero-order valence-electron chi connectivity index (χ0n) is 7.63. The highest BCUT2D eigenvalue weighted by atomic mass is 16.4. The Morgan fingerprint density at radius 3 is 1.92 bits per heavy atom. The molecule has 1 rings (SSSR count). The molecular weight excluding hydrogens is 156 g/mol. The minimum Gasteiger partial charge on any atom is -0.481 e. The lowest BCUT2D eigenvalue weighted by Crippen LogP contribution is -2.39. The topological polar surface area (TPSA) is 57.5 Å². The molecule has 0 radical (unpaired) electrons. The van der Waals surface area contributed by atoms with Crippen LogP contribution in [0.25, 0.3) is 0 Å². The van der Waals surface area contributed by atoms with Crippen molar-refractivity contribution in [3.05, 3.63) is 0 Å². The largest absolute Gasteiger partial charge is 0.481 e. The van der Waals surface area contributed by atoms with Crippen molar-refractivity contribution >= 4 is 5.97 Å². The van der Waals surface area contributed by atoms with Crippen molar-refractivity contribution in [3.8, 4) is 0 Å². The number of aliphatic hydroxyl groups is 1. The highest BCUT2D eigenvalue weighted by Gasteiger charge is 2.41. The number of aliphatic carboxylic acids is 1. The molecule has 12 heavy (non-hydrogen) atoms. The van der Waals surface area contributed by atoms with Gasteiger partial charge in [0.15, 0.2) is 0 Å². The standard InChI is InChI=1S/C9H16O3/c1-8(7(10)11)3-5-9(2,12)6-4-8/h12H,3-6H2,1-2H3,(H,10,11). The van der Waals surface area contributed by atoms with E-state index in [2.05, 4.69) is 0 Å². The van der Waals surface area contributed by atoms with Gasteiger partial charge in [0, 0.05) is 0 Å². The Balaban J connectivity index is 2.62. The Morgan fingerprint density at radius 2 is 1.58 bits per heavy atom. The number of carboxylic acid groups (broad SMARTS) is 1. The molecule has 1 aliphatic rings. The molecule has 1 saturated carbocycles. The third-order valence-corrected chi connectivity index (χ3v) is 2.95. The van der Waals surface area contributed by atoms with Gasteiger partial charge in [0.1, 0.15) is 0 Å². The van der Waals surface area contributed by atoms with Crippen LogP contribution in [0.3, 0.4) is 0 Å². The van der Waals surface area contributed by atoms with E-state index in [0.717, 1.165) is 0 Å². The molecule has 0 aliphatic heterocycles. The van der Waals surface area contributed by atoms with Crippen molar-refractivity contribution in [3.63, 3.8) is 0 Å². The van der Waals surface area contributed by atoms with E-state index in [1.54, 1.807) is 13.8 Å². The van der Waals surface area contributed by atoms with E-state index in [-0.39, 0.29) is 0 Å². The van der Waals surface area contributed by atoms with E-state index in [0.29, 0.717) is 25.7 Å². The van der Waals surface area contributed by atoms with Crippen LogP contribution in [0.4, 0.5) is 0 Å². The van der Waals surface area contributed by atoms with Gasteiger partial charge in [-0.1, -0.05) is 0 Å². The summed E-state index contributed by atoms with van der Waals surface area (Å²) in [5.74, 6) is -0.738. The summed E-state index contributed by atoms with van der Waals surface area (Å²) in [5, 5.41) is 18.5. The van der Waals surface area contributed by atoms with E-state index in [4.69, 9.17) is 5.11 Å². The zero-order chi connectivity index (χ0) is 9.41. The van der Waals surface area contributed by atoms with Gasteiger partial charge in [0.05, 0.1) is 11.0 Å². The molecule has 1 aliphatic carbocycles. The molecule has 0 saturated heterocycles. The number of carboxylic acids is 1. The van der Waals surface area contributed by atoms with Gasteiger partial charge >= 0.3 is 5.97 Å². The first-order valence-electron chi connectivity index (χ1n) is 4.32. The SMILES string of the molecule is CC1(O)CCC(C)(C(=O)O)CC1. The lowest BCUT2D eigenvalue weighted by atomic mass is 9.70. The summed E-state index contributed by atoms with van der Waals surface area (Å²) in [6, 6.07) is 0. The summed E-state index contributed by atoms with van der Waals surface area (Å²) < 4.78 is 0. The van der Waals surface area contributed by atoms with Crippen LogP contribution in [0.2, 0.25) is 0 Å². The molecule has 0 unspecified atom stereocenters. The summed E-state index contributed by atoms with van der Waals surface area (Å²) >= 11 is 0. The van der Waals surface area contributed by atoms with Gasteiger partial charge in [-0.15, -0.1) is 0 Å². The summed E-state index contributed by atoms with van der Waals surface area (Å²) in [4.78, 5) is 10.8. The maximum atomic E-state index is 10.8. The molecular formula is C9H16O3. The van der Waals surface area contributed by atoms with Crippen LogP contribution >= 0.6 is 0 Å². The molecule has 0 aromatic heterocycles. The Labute approximate surface area is 72.4 Å². The zero-order valence-corrected chi connectivity index (χ0v) is 7.63. The predicted octanol–water partition coefficient (Wildman–Crippen LogP) is 1.40. The normalized spacial score (nSPS) is 42.6. The second kappa shape index (κ2) is 2.73. The lowest BCUT2D eigenvalue weighted by molar-refractivity contribution is -0.152. The summed E-state index contributed by atoms with van der Waals surface area (Å²) in [6.45, 7) is 3.53. The number of hydrogen-bond acceptors (Lipinski definition) is 2. The minimum absolute atomic E-state index is 0.579. The highest BCUT2D eigenvalue weighted by Crippen LogP contribution is 2.40. The Bertz CT molecular complexity index is 186. The van der Waals surface area contributed by atoms with Crippen molar-refractivity contribution in [1.29, 1.82) is 0 Å². The van der Waals surface area contributed by atoms with Crippen LogP contribution < -0.4 is 0 Å². The van der Waals surface area contributed by atoms with E-state index < -0.39 is 17.0 Å². The quantitative estimate of drug-likeness (QED) is 0.628. The van der Waals surface area contributed by atoms with E-state index in [9.17, 15) is 9.90 Å². The second-order valence-electron chi connectivity index (χ2n) is 4.36. The maximum Gasteiger partial charge on any atom is 0.309 e. The number of hydrogen-bond donors (Lipinski definition) is 2. The smallest absolute Gasteiger partial charge is 0.309 e. The van der Waals surface area contributed by atoms with Crippen LogP contribution in [0, 0.1) is 5.41 Å². The monoisotopic (exact) mass is 172 g/mol. The van der Waals surface area contributed by atoms with Gasteiger partial charge in [0.25, 0.3) is 0 Å². The molecule has 2 N–H and O–H groups in total. The van der Waals surface area contributed by atoms with Crippen LogP contribution in [-0.4, -0.2) is 21.8 Å². The maximum absolute atomic E-state index is 10.8. The Hall–Kier alpha value is -0.570. The van der Waals surface area contributed by atoms with Crippen LogP contribution in [0.1, 0.15) is 39.5 Å². The summed E-state index contributed by atoms with van der Waals surface area (Å²) in [5.41, 5.74) is -1.25. The van der Waals surface area contributed by atoms with Crippen molar-refractivity contribution in [1.82, 2.24) is 0 Å². The first-order valence-corrected chi connectivity index (χ1v) is 4.32.